The molecule has 1 unspecified atom stereocenters. The molecule has 1 heterocycles. The zero-order valence-electron chi connectivity index (χ0n) is 12.8. The fraction of sp³-hybridized carbons (Fsp3) is 0.250. The molecule has 0 radical (unpaired) electrons. The lowest BCUT2D eigenvalue weighted by Crippen LogP contribution is -2.43. The van der Waals surface area contributed by atoms with Crippen LogP contribution in [0.15, 0.2) is 48.7 Å². The van der Waals surface area contributed by atoms with Crippen LogP contribution in [0.2, 0.25) is 0 Å². The normalized spacial score (nSPS) is 12.5. The average molecular weight is 339 g/mol. The van der Waals surface area contributed by atoms with E-state index < -0.39 is 24.9 Å². The molecule has 0 aliphatic rings. The molecule has 0 fully saturated rings. The van der Waals surface area contributed by atoms with Gasteiger partial charge >= 0.3 is 12.2 Å². The number of nitrogens with zero attached hydrogens (tertiary/aromatic N) is 2. The van der Waals surface area contributed by atoms with Crippen molar-refractivity contribution in [2.45, 2.75) is 12.3 Å². The number of aromatic nitrogens is 1. The molecule has 2 N–H and O–H groups in total. The number of carbonyl (C=O) groups is 1. The Morgan fingerprint density at radius 1 is 1.25 bits per heavy atom. The minimum Gasteiger partial charge on any atom is -0.382 e. The van der Waals surface area contributed by atoms with Gasteiger partial charge in [-0.25, -0.2) is 4.79 Å². The van der Waals surface area contributed by atoms with Crippen LogP contribution in [0, 0.1) is 0 Å². The highest BCUT2D eigenvalue weighted by Crippen LogP contribution is 2.25. The van der Waals surface area contributed by atoms with Gasteiger partial charge in [-0.05, 0) is 12.1 Å². The summed E-state index contributed by atoms with van der Waals surface area (Å²) in [4.78, 5) is 17.0. The number of rotatable bonds is 4. The van der Waals surface area contributed by atoms with Gasteiger partial charge in [0.1, 0.15) is 0 Å². The minimum atomic E-state index is -4.78. The monoisotopic (exact) mass is 339 g/mol. The summed E-state index contributed by atoms with van der Waals surface area (Å²) in [5, 5.41) is 11.6. The highest BCUT2D eigenvalue weighted by Gasteiger charge is 2.39. The van der Waals surface area contributed by atoms with Crippen molar-refractivity contribution < 1.29 is 23.1 Å². The van der Waals surface area contributed by atoms with E-state index in [0.717, 1.165) is 10.5 Å². The van der Waals surface area contributed by atoms with E-state index >= 15 is 0 Å². The SMILES string of the molecule is CN(CC(O)C(F)(F)F)C(=O)Nc1cccnc1-c1ccccc1. The predicted molar refractivity (Wildman–Crippen MR) is 83.4 cm³/mol. The van der Waals surface area contributed by atoms with Crippen molar-refractivity contribution in [3.63, 3.8) is 0 Å². The Morgan fingerprint density at radius 3 is 2.54 bits per heavy atom. The number of pyridine rings is 1. The number of halogens is 3. The summed E-state index contributed by atoms with van der Waals surface area (Å²) in [6, 6.07) is 11.5. The molecule has 0 saturated carbocycles. The maximum absolute atomic E-state index is 12.4. The first kappa shape index (κ1) is 17.7. The predicted octanol–water partition coefficient (Wildman–Crippen LogP) is 3.14. The Balaban J connectivity index is 2.13. The van der Waals surface area contributed by atoms with Crippen LogP contribution in [0.3, 0.4) is 0 Å². The molecule has 2 aromatic rings. The zero-order valence-corrected chi connectivity index (χ0v) is 12.8. The Labute approximate surface area is 136 Å². The first-order valence-electron chi connectivity index (χ1n) is 7.06. The van der Waals surface area contributed by atoms with E-state index in [1.165, 1.54) is 7.05 Å². The number of hydrogen-bond donors (Lipinski definition) is 2. The Morgan fingerprint density at radius 2 is 1.92 bits per heavy atom. The summed E-state index contributed by atoms with van der Waals surface area (Å²) in [7, 11) is 1.17. The van der Waals surface area contributed by atoms with Gasteiger partial charge in [0, 0.05) is 18.8 Å². The lowest BCUT2D eigenvalue weighted by atomic mass is 10.1. The lowest BCUT2D eigenvalue weighted by molar-refractivity contribution is -0.205. The summed E-state index contributed by atoms with van der Waals surface area (Å²) in [6.45, 7) is -0.865. The summed E-state index contributed by atoms with van der Waals surface area (Å²) in [5.41, 5.74) is 1.62. The Kier molecular flexibility index (Phi) is 5.40. The van der Waals surface area contributed by atoms with Crippen LogP contribution in [0.1, 0.15) is 0 Å². The second-order valence-corrected chi connectivity index (χ2v) is 5.13. The topological polar surface area (TPSA) is 65.5 Å². The minimum absolute atomic E-state index is 0.363. The number of aliphatic hydroxyl groups is 1. The lowest BCUT2D eigenvalue weighted by Gasteiger charge is -2.23. The molecule has 0 aliphatic carbocycles. The van der Waals surface area contributed by atoms with Gasteiger partial charge in [-0.15, -0.1) is 0 Å². The fourth-order valence-corrected chi connectivity index (χ4v) is 1.99. The summed E-state index contributed by atoms with van der Waals surface area (Å²) >= 11 is 0. The molecule has 0 saturated heterocycles. The maximum atomic E-state index is 12.4. The van der Waals surface area contributed by atoms with Gasteiger partial charge in [0.15, 0.2) is 6.10 Å². The van der Waals surface area contributed by atoms with Crippen molar-refractivity contribution in [1.82, 2.24) is 9.88 Å². The number of amides is 2. The van der Waals surface area contributed by atoms with E-state index in [2.05, 4.69) is 10.3 Å². The van der Waals surface area contributed by atoms with Crippen molar-refractivity contribution in [1.29, 1.82) is 0 Å². The highest BCUT2D eigenvalue weighted by molar-refractivity contribution is 5.93. The maximum Gasteiger partial charge on any atom is 0.416 e. The zero-order chi connectivity index (χ0) is 17.7. The molecule has 1 atom stereocenters. The molecule has 2 amide bonds. The molecule has 0 spiro atoms. The third-order valence-electron chi connectivity index (χ3n) is 3.27. The first-order chi connectivity index (χ1) is 11.3. The largest absolute Gasteiger partial charge is 0.416 e. The van der Waals surface area contributed by atoms with Crippen molar-refractivity contribution in [2.24, 2.45) is 0 Å². The van der Waals surface area contributed by atoms with Crippen molar-refractivity contribution in [2.75, 3.05) is 18.9 Å². The van der Waals surface area contributed by atoms with E-state index in [0.29, 0.717) is 11.4 Å². The van der Waals surface area contributed by atoms with Crippen LogP contribution >= 0.6 is 0 Å². The van der Waals surface area contributed by atoms with Crippen LogP contribution < -0.4 is 5.32 Å². The van der Waals surface area contributed by atoms with Crippen molar-refractivity contribution in [3.8, 4) is 11.3 Å². The van der Waals surface area contributed by atoms with Gasteiger partial charge < -0.3 is 15.3 Å². The molecule has 1 aromatic carbocycles. The summed E-state index contributed by atoms with van der Waals surface area (Å²) in [6.07, 6.45) is -5.83. The number of carbonyl (C=O) groups excluding carboxylic acids is 1. The Bertz CT molecular complexity index is 692. The van der Waals surface area contributed by atoms with Gasteiger partial charge in [0.25, 0.3) is 0 Å². The van der Waals surface area contributed by atoms with Gasteiger partial charge in [-0.2, -0.15) is 13.2 Å². The standard InChI is InChI=1S/C16H16F3N3O2/c1-22(10-13(23)16(17,18)19)15(24)21-12-8-5-9-20-14(12)11-6-3-2-4-7-11/h2-9,13,23H,10H2,1H3,(H,21,24). The number of anilines is 1. The van der Waals surface area contributed by atoms with E-state index in [-0.39, 0.29) is 0 Å². The van der Waals surface area contributed by atoms with Crippen molar-refractivity contribution >= 4 is 11.7 Å². The molecule has 128 valence electrons. The van der Waals surface area contributed by atoms with Crippen LogP contribution in [0.5, 0.6) is 0 Å². The third kappa shape index (κ3) is 4.45. The molecule has 5 nitrogen and oxygen atoms in total. The number of hydrogen-bond acceptors (Lipinski definition) is 3. The first-order valence-corrected chi connectivity index (χ1v) is 7.06. The second-order valence-electron chi connectivity index (χ2n) is 5.13. The van der Waals surface area contributed by atoms with Gasteiger partial charge in [0.2, 0.25) is 0 Å². The number of urea groups is 1. The van der Waals surface area contributed by atoms with Crippen LogP contribution in [-0.4, -0.2) is 46.9 Å². The second kappa shape index (κ2) is 7.31. The molecule has 0 aliphatic heterocycles. The van der Waals surface area contributed by atoms with Gasteiger partial charge in [-0.3, -0.25) is 4.98 Å². The van der Waals surface area contributed by atoms with E-state index in [4.69, 9.17) is 5.11 Å². The van der Waals surface area contributed by atoms with Crippen LogP contribution in [-0.2, 0) is 0 Å². The fourth-order valence-electron chi connectivity index (χ4n) is 1.99. The smallest absolute Gasteiger partial charge is 0.382 e. The number of alkyl halides is 3. The molecular weight excluding hydrogens is 323 g/mol. The number of aliphatic hydroxyl groups excluding tert-OH is 1. The van der Waals surface area contributed by atoms with E-state index in [9.17, 15) is 18.0 Å². The van der Waals surface area contributed by atoms with Gasteiger partial charge in [0.05, 0.1) is 17.9 Å². The van der Waals surface area contributed by atoms with Crippen molar-refractivity contribution in [3.05, 3.63) is 48.7 Å². The van der Waals surface area contributed by atoms with E-state index in [1.807, 2.05) is 6.07 Å². The molecular formula is C16H16F3N3O2. The third-order valence-corrected chi connectivity index (χ3v) is 3.27. The summed E-state index contributed by atoms with van der Waals surface area (Å²) in [5.74, 6) is 0. The molecule has 1 aromatic heterocycles. The molecule has 2 rings (SSSR count). The number of nitrogens with one attached hydrogen (secondary N) is 1. The Hall–Kier alpha value is -2.61. The highest BCUT2D eigenvalue weighted by atomic mass is 19.4. The number of benzene rings is 1. The quantitative estimate of drug-likeness (QED) is 0.899. The van der Waals surface area contributed by atoms with E-state index in [1.54, 1.807) is 42.6 Å². The molecule has 8 heteroatoms. The molecule has 0 bridgehead atoms. The molecule has 24 heavy (non-hydrogen) atoms. The van der Waals surface area contributed by atoms with Crippen LogP contribution in [0.4, 0.5) is 23.7 Å². The number of likely N-dealkylation sites (N-methyl/N-ethyl adjacent to an activating group) is 1. The van der Waals surface area contributed by atoms with Crippen LogP contribution in [0.25, 0.3) is 11.3 Å². The average Bonchev–Trinajstić information content (AvgIpc) is 2.55. The van der Waals surface area contributed by atoms with Gasteiger partial charge in [-0.1, -0.05) is 30.3 Å². The summed E-state index contributed by atoms with van der Waals surface area (Å²) < 4.78 is 37.1.